The highest BCUT2D eigenvalue weighted by atomic mass is 19.3. The van der Waals surface area contributed by atoms with Crippen molar-refractivity contribution in [1.29, 1.82) is 0 Å². The number of nitrogens with one attached hydrogen (secondary N) is 2. The smallest absolute Gasteiger partial charge is 0.276 e. The molecule has 0 saturated heterocycles. The second kappa shape index (κ2) is 6.39. The van der Waals surface area contributed by atoms with Gasteiger partial charge in [-0.2, -0.15) is 10.2 Å². The van der Waals surface area contributed by atoms with Crippen LogP contribution in [-0.2, 0) is 6.54 Å². The molecule has 6 nitrogen and oxygen atoms in total. The summed E-state index contributed by atoms with van der Waals surface area (Å²) in [5, 5.41) is 13.2. The van der Waals surface area contributed by atoms with Crippen LogP contribution in [0.2, 0.25) is 0 Å². The first-order valence-electron chi connectivity index (χ1n) is 6.85. The summed E-state index contributed by atoms with van der Waals surface area (Å²) >= 11 is 0. The van der Waals surface area contributed by atoms with Gasteiger partial charge in [0.2, 0.25) is 0 Å². The van der Waals surface area contributed by atoms with E-state index < -0.39 is 18.9 Å². The molecular formula is C15H13F2N5O. The number of H-pyrrole nitrogens is 1. The number of nitrogens with zero attached hydrogens (tertiary/aromatic N) is 3. The first-order chi connectivity index (χ1) is 11.1. The molecule has 0 aliphatic heterocycles. The molecular weight excluding hydrogens is 304 g/mol. The molecule has 0 aliphatic carbocycles. The number of rotatable bonds is 5. The summed E-state index contributed by atoms with van der Waals surface area (Å²) in [5.41, 5.74) is 2.07. The molecule has 2 N–H and O–H groups in total. The maximum absolute atomic E-state index is 12.3. The molecule has 2 aromatic heterocycles. The number of carbonyl (C=O) groups excluding carboxylic acids is 1. The lowest BCUT2D eigenvalue weighted by Gasteiger charge is -2.04. The summed E-state index contributed by atoms with van der Waals surface area (Å²) in [4.78, 5) is 12.2. The van der Waals surface area contributed by atoms with Crippen molar-refractivity contribution in [3.63, 3.8) is 0 Å². The van der Waals surface area contributed by atoms with Gasteiger partial charge < -0.3 is 5.32 Å². The van der Waals surface area contributed by atoms with Gasteiger partial charge in [0.05, 0.1) is 17.6 Å². The fourth-order valence-electron chi connectivity index (χ4n) is 2.12. The number of benzene rings is 1. The number of aromatic amines is 1. The Morgan fingerprint density at radius 3 is 2.78 bits per heavy atom. The fraction of sp³-hybridized carbons (Fsp3) is 0.133. The number of hydrogen-bond acceptors (Lipinski definition) is 3. The molecule has 3 aromatic rings. The van der Waals surface area contributed by atoms with E-state index in [4.69, 9.17) is 0 Å². The van der Waals surface area contributed by atoms with Gasteiger partial charge in [0.1, 0.15) is 6.54 Å². The van der Waals surface area contributed by atoms with Crippen LogP contribution in [-0.4, -0.2) is 32.3 Å². The Labute approximate surface area is 130 Å². The summed E-state index contributed by atoms with van der Waals surface area (Å²) in [6.45, 7) is -0.547. The summed E-state index contributed by atoms with van der Waals surface area (Å²) in [7, 11) is 0. The van der Waals surface area contributed by atoms with Crippen molar-refractivity contribution in [3.8, 4) is 11.3 Å². The maximum Gasteiger partial charge on any atom is 0.276 e. The first-order valence-corrected chi connectivity index (χ1v) is 6.85. The van der Waals surface area contributed by atoms with Gasteiger partial charge in [-0.25, -0.2) is 8.78 Å². The van der Waals surface area contributed by atoms with E-state index in [0.29, 0.717) is 11.4 Å². The molecule has 0 saturated carbocycles. The zero-order chi connectivity index (χ0) is 16.2. The number of hydrogen-bond donors (Lipinski definition) is 2. The predicted octanol–water partition coefficient (Wildman–Crippen LogP) is 2.79. The third kappa shape index (κ3) is 3.42. The topological polar surface area (TPSA) is 75.6 Å². The Balaban J connectivity index is 1.76. The van der Waals surface area contributed by atoms with Crippen LogP contribution < -0.4 is 5.32 Å². The predicted molar refractivity (Wildman–Crippen MR) is 80.2 cm³/mol. The number of carbonyl (C=O) groups is 1. The second-order valence-electron chi connectivity index (χ2n) is 4.79. The van der Waals surface area contributed by atoms with Crippen LogP contribution in [0.1, 0.15) is 10.5 Å². The lowest BCUT2D eigenvalue weighted by atomic mass is 10.1. The lowest BCUT2D eigenvalue weighted by Crippen LogP contribution is -2.14. The Morgan fingerprint density at radius 1 is 1.26 bits per heavy atom. The van der Waals surface area contributed by atoms with Gasteiger partial charge in [0.25, 0.3) is 12.3 Å². The number of aromatic nitrogens is 4. The van der Waals surface area contributed by atoms with Crippen LogP contribution in [0.5, 0.6) is 0 Å². The van der Waals surface area contributed by atoms with Gasteiger partial charge in [-0.05, 0) is 6.07 Å². The van der Waals surface area contributed by atoms with Crippen molar-refractivity contribution < 1.29 is 13.6 Å². The SMILES string of the molecule is O=C(Nc1cn[nH]c1-c1ccccc1)c1ccn(CC(F)F)n1. The molecule has 0 spiro atoms. The van der Waals surface area contributed by atoms with Gasteiger partial charge >= 0.3 is 0 Å². The van der Waals surface area contributed by atoms with E-state index in [-0.39, 0.29) is 5.69 Å². The zero-order valence-corrected chi connectivity index (χ0v) is 11.9. The van der Waals surface area contributed by atoms with Gasteiger partial charge in [-0.15, -0.1) is 0 Å². The van der Waals surface area contributed by atoms with Crippen molar-refractivity contribution in [3.05, 3.63) is 54.5 Å². The van der Waals surface area contributed by atoms with Crippen LogP contribution in [0.4, 0.5) is 14.5 Å². The third-order valence-electron chi connectivity index (χ3n) is 3.15. The van der Waals surface area contributed by atoms with Gasteiger partial charge in [-0.1, -0.05) is 30.3 Å². The van der Waals surface area contributed by atoms with Gasteiger partial charge in [0.15, 0.2) is 5.69 Å². The Bertz CT molecular complexity index is 797. The van der Waals surface area contributed by atoms with Crippen molar-refractivity contribution in [2.75, 3.05) is 5.32 Å². The minimum atomic E-state index is -2.52. The van der Waals surface area contributed by atoms with Gasteiger partial charge in [-0.3, -0.25) is 14.6 Å². The van der Waals surface area contributed by atoms with Crippen LogP contribution in [0.15, 0.2) is 48.8 Å². The summed E-state index contributed by atoms with van der Waals surface area (Å²) in [6, 6.07) is 10.8. The fourth-order valence-corrected chi connectivity index (χ4v) is 2.12. The molecule has 1 amide bonds. The highest BCUT2D eigenvalue weighted by molar-refractivity contribution is 6.04. The van der Waals surface area contributed by atoms with Crippen LogP contribution in [0.3, 0.4) is 0 Å². The molecule has 118 valence electrons. The molecule has 0 fully saturated rings. The number of amides is 1. The highest BCUT2D eigenvalue weighted by Gasteiger charge is 2.15. The monoisotopic (exact) mass is 317 g/mol. The molecule has 0 atom stereocenters. The molecule has 2 heterocycles. The van der Waals surface area contributed by atoms with E-state index in [0.717, 1.165) is 10.2 Å². The first kappa shape index (κ1) is 14.9. The number of anilines is 1. The second-order valence-corrected chi connectivity index (χ2v) is 4.79. The Kier molecular flexibility index (Phi) is 4.13. The Hall–Kier alpha value is -3.03. The van der Waals surface area contributed by atoms with Crippen molar-refractivity contribution in [2.45, 2.75) is 13.0 Å². The van der Waals surface area contributed by atoms with Crippen molar-refractivity contribution in [2.24, 2.45) is 0 Å². The summed E-state index contributed by atoms with van der Waals surface area (Å²) < 4.78 is 25.6. The minimum Gasteiger partial charge on any atom is -0.317 e. The van der Waals surface area contributed by atoms with E-state index in [1.54, 1.807) is 0 Å². The van der Waals surface area contributed by atoms with E-state index >= 15 is 0 Å². The average molecular weight is 317 g/mol. The van der Waals surface area contributed by atoms with E-state index in [1.165, 1.54) is 18.5 Å². The third-order valence-corrected chi connectivity index (χ3v) is 3.15. The molecule has 1 aromatic carbocycles. The lowest BCUT2D eigenvalue weighted by molar-refractivity contribution is 0.101. The molecule has 0 radical (unpaired) electrons. The van der Waals surface area contributed by atoms with Crippen LogP contribution >= 0.6 is 0 Å². The standard InChI is InChI=1S/C15H13F2N5O/c16-13(17)9-22-7-6-11(21-22)15(23)19-12-8-18-20-14(12)10-4-2-1-3-5-10/h1-8,13H,9H2,(H,18,20)(H,19,23). The van der Waals surface area contributed by atoms with E-state index in [9.17, 15) is 13.6 Å². The maximum atomic E-state index is 12.3. The van der Waals surface area contributed by atoms with Crippen molar-refractivity contribution in [1.82, 2.24) is 20.0 Å². The normalized spacial score (nSPS) is 10.9. The molecule has 0 bridgehead atoms. The van der Waals surface area contributed by atoms with Crippen LogP contribution in [0.25, 0.3) is 11.3 Å². The highest BCUT2D eigenvalue weighted by Crippen LogP contribution is 2.25. The quantitative estimate of drug-likeness (QED) is 0.760. The number of halogens is 2. The molecule has 3 rings (SSSR count). The molecule has 0 unspecified atom stereocenters. The average Bonchev–Trinajstić information content (AvgIpc) is 3.17. The Morgan fingerprint density at radius 2 is 2.04 bits per heavy atom. The molecule has 23 heavy (non-hydrogen) atoms. The molecule has 0 aliphatic rings. The van der Waals surface area contributed by atoms with Gasteiger partial charge in [0, 0.05) is 11.8 Å². The summed E-state index contributed by atoms with van der Waals surface area (Å²) in [6.07, 6.45) is 0.301. The number of alkyl halides is 2. The largest absolute Gasteiger partial charge is 0.317 e. The summed E-state index contributed by atoms with van der Waals surface area (Å²) in [5.74, 6) is -0.489. The van der Waals surface area contributed by atoms with E-state index in [2.05, 4.69) is 20.6 Å². The van der Waals surface area contributed by atoms with Crippen molar-refractivity contribution >= 4 is 11.6 Å². The zero-order valence-electron chi connectivity index (χ0n) is 11.9. The van der Waals surface area contributed by atoms with Crippen LogP contribution in [0, 0.1) is 0 Å². The minimum absolute atomic E-state index is 0.0610. The van der Waals surface area contributed by atoms with E-state index in [1.807, 2.05) is 30.3 Å². The molecule has 8 heteroatoms.